The maximum absolute atomic E-state index is 3.78. The molecule has 2 rings (SSSR count). The van der Waals surface area contributed by atoms with Crippen LogP contribution in [0.5, 0.6) is 0 Å². The Morgan fingerprint density at radius 1 is 0.944 bits per heavy atom. The van der Waals surface area contributed by atoms with E-state index in [9.17, 15) is 0 Å². The largest absolute Gasteiger partial charge is 0.310 e. The Kier molecular flexibility index (Phi) is 4.82. The Bertz CT molecular complexity index is 364. The average Bonchev–Trinajstić information content (AvgIpc) is 2.56. The van der Waals surface area contributed by atoms with Crippen molar-refractivity contribution in [3.05, 3.63) is 34.4 Å². The smallest absolute Gasteiger partial charge is 0.0213 e. The number of aryl methyl sites for hydroxylation is 3. The van der Waals surface area contributed by atoms with E-state index >= 15 is 0 Å². The molecule has 1 aromatic carbocycles. The fraction of sp³-hybridized carbons (Fsp3) is 0.647. The molecule has 0 bridgehead atoms. The molecule has 0 atom stereocenters. The van der Waals surface area contributed by atoms with Gasteiger partial charge in [-0.1, -0.05) is 43.4 Å². The van der Waals surface area contributed by atoms with Crippen molar-refractivity contribution in [2.24, 2.45) is 0 Å². The molecule has 0 saturated heterocycles. The summed E-state index contributed by atoms with van der Waals surface area (Å²) in [5.41, 5.74) is 5.76. The Morgan fingerprint density at radius 3 is 2.06 bits per heavy atom. The highest BCUT2D eigenvalue weighted by Gasteiger charge is 2.12. The third kappa shape index (κ3) is 3.58. The van der Waals surface area contributed by atoms with Gasteiger partial charge >= 0.3 is 0 Å². The van der Waals surface area contributed by atoms with Gasteiger partial charge in [0.1, 0.15) is 0 Å². The number of hydrogen-bond acceptors (Lipinski definition) is 1. The number of nitrogens with one attached hydrogen (secondary N) is 1. The molecule has 0 heterocycles. The first-order chi connectivity index (χ1) is 8.66. The van der Waals surface area contributed by atoms with Crippen molar-refractivity contribution >= 4 is 0 Å². The van der Waals surface area contributed by atoms with Crippen LogP contribution in [0, 0.1) is 20.8 Å². The quantitative estimate of drug-likeness (QED) is 0.777. The zero-order valence-electron chi connectivity index (χ0n) is 12.2. The summed E-state index contributed by atoms with van der Waals surface area (Å²) in [7, 11) is 0. The number of benzene rings is 1. The zero-order valence-corrected chi connectivity index (χ0v) is 12.2. The predicted molar refractivity (Wildman–Crippen MR) is 79.0 cm³/mol. The maximum atomic E-state index is 3.78. The Morgan fingerprint density at radius 2 is 1.50 bits per heavy atom. The second kappa shape index (κ2) is 6.38. The fourth-order valence-electron chi connectivity index (χ4n) is 3.22. The summed E-state index contributed by atoms with van der Waals surface area (Å²) in [6, 6.07) is 5.35. The third-order valence-corrected chi connectivity index (χ3v) is 4.26. The first kappa shape index (κ1) is 13.6. The molecular weight excluding hydrogens is 218 g/mol. The van der Waals surface area contributed by atoms with Crippen LogP contribution in [0.25, 0.3) is 0 Å². The number of hydrogen-bond donors (Lipinski definition) is 1. The summed E-state index contributed by atoms with van der Waals surface area (Å²) in [6.45, 7) is 7.71. The SMILES string of the molecule is Cc1cc(C)c(CNC2CCCCCC2)c(C)c1. The highest BCUT2D eigenvalue weighted by molar-refractivity contribution is 5.37. The predicted octanol–water partition coefficient (Wildman–Crippen LogP) is 4.42. The maximum Gasteiger partial charge on any atom is 0.0213 e. The molecule has 1 heteroatoms. The lowest BCUT2D eigenvalue weighted by Gasteiger charge is -2.18. The van der Waals surface area contributed by atoms with Gasteiger partial charge in [0.15, 0.2) is 0 Å². The molecule has 0 aliphatic heterocycles. The van der Waals surface area contributed by atoms with Crippen LogP contribution in [0.4, 0.5) is 0 Å². The van der Waals surface area contributed by atoms with Crippen LogP contribution < -0.4 is 5.32 Å². The van der Waals surface area contributed by atoms with Crippen LogP contribution in [0.15, 0.2) is 12.1 Å². The molecule has 1 nitrogen and oxygen atoms in total. The fourth-order valence-corrected chi connectivity index (χ4v) is 3.22. The highest BCUT2D eigenvalue weighted by Crippen LogP contribution is 2.20. The van der Waals surface area contributed by atoms with Gasteiger partial charge in [0.25, 0.3) is 0 Å². The molecule has 1 N–H and O–H groups in total. The van der Waals surface area contributed by atoms with Crippen molar-refractivity contribution < 1.29 is 0 Å². The lowest BCUT2D eigenvalue weighted by atomic mass is 9.99. The van der Waals surface area contributed by atoms with E-state index in [0.717, 1.165) is 12.6 Å². The van der Waals surface area contributed by atoms with E-state index in [1.54, 1.807) is 0 Å². The van der Waals surface area contributed by atoms with Gasteiger partial charge < -0.3 is 5.32 Å². The summed E-state index contributed by atoms with van der Waals surface area (Å²) in [6.07, 6.45) is 8.41. The highest BCUT2D eigenvalue weighted by atomic mass is 14.9. The summed E-state index contributed by atoms with van der Waals surface area (Å²) >= 11 is 0. The summed E-state index contributed by atoms with van der Waals surface area (Å²) in [4.78, 5) is 0. The van der Waals surface area contributed by atoms with Crippen molar-refractivity contribution in [1.29, 1.82) is 0 Å². The van der Waals surface area contributed by atoms with Crippen LogP contribution >= 0.6 is 0 Å². The number of rotatable bonds is 3. The van der Waals surface area contributed by atoms with Crippen LogP contribution in [-0.4, -0.2) is 6.04 Å². The molecule has 0 unspecified atom stereocenters. The van der Waals surface area contributed by atoms with Gasteiger partial charge in [0.2, 0.25) is 0 Å². The first-order valence-corrected chi connectivity index (χ1v) is 7.47. The van der Waals surface area contributed by atoms with Crippen molar-refractivity contribution in [2.75, 3.05) is 0 Å². The van der Waals surface area contributed by atoms with E-state index in [1.165, 1.54) is 60.8 Å². The van der Waals surface area contributed by atoms with E-state index in [4.69, 9.17) is 0 Å². The van der Waals surface area contributed by atoms with Crippen molar-refractivity contribution in [3.63, 3.8) is 0 Å². The van der Waals surface area contributed by atoms with Crippen LogP contribution in [0.2, 0.25) is 0 Å². The van der Waals surface area contributed by atoms with Gasteiger partial charge in [0.05, 0.1) is 0 Å². The monoisotopic (exact) mass is 245 g/mol. The lowest BCUT2D eigenvalue weighted by molar-refractivity contribution is 0.458. The molecule has 0 spiro atoms. The summed E-state index contributed by atoms with van der Waals surface area (Å²) < 4.78 is 0. The van der Waals surface area contributed by atoms with E-state index in [2.05, 4.69) is 38.2 Å². The first-order valence-electron chi connectivity index (χ1n) is 7.47. The van der Waals surface area contributed by atoms with Crippen molar-refractivity contribution in [2.45, 2.75) is 71.9 Å². The molecule has 0 aromatic heterocycles. The van der Waals surface area contributed by atoms with E-state index in [-0.39, 0.29) is 0 Å². The van der Waals surface area contributed by atoms with Gasteiger partial charge in [-0.2, -0.15) is 0 Å². The molecular formula is C17H27N. The molecule has 1 saturated carbocycles. The molecule has 100 valence electrons. The van der Waals surface area contributed by atoms with Gasteiger partial charge in [-0.25, -0.2) is 0 Å². The minimum Gasteiger partial charge on any atom is -0.310 e. The minimum absolute atomic E-state index is 0.743. The van der Waals surface area contributed by atoms with E-state index in [0.29, 0.717) is 0 Å². The molecule has 1 aliphatic carbocycles. The molecule has 1 aliphatic rings. The molecule has 0 radical (unpaired) electrons. The van der Waals surface area contributed by atoms with Crippen LogP contribution in [0.1, 0.15) is 60.8 Å². The third-order valence-electron chi connectivity index (χ3n) is 4.26. The lowest BCUT2D eigenvalue weighted by Crippen LogP contribution is -2.28. The second-order valence-corrected chi connectivity index (χ2v) is 5.95. The van der Waals surface area contributed by atoms with E-state index < -0.39 is 0 Å². The van der Waals surface area contributed by atoms with Gasteiger partial charge in [-0.3, -0.25) is 0 Å². The topological polar surface area (TPSA) is 12.0 Å². The standard InChI is InChI=1S/C17H27N/c1-13-10-14(2)17(15(3)11-13)12-18-16-8-6-4-5-7-9-16/h10-11,16,18H,4-9,12H2,1-3H3. The van der Waals surface area contributed by atoms with Gasteiger partial charge in [-0.15, -0.1) is 0 Å². The van der Waals surface area contributed by atoms with Gasteiger partial charge in [-0.05, 0) is 50.3 Å². The molecule has 18 heavy (non-hydrogen) atoms. The zero-order chi connectivity index (χ0) is 13.0. The Labute approximate surface area is 112 Å². The molecule has 0 amide bonds. The van der Waals surface area contributed by atoms with Crippen molar-refractivity contribution in [1.82, 2.24) is 5.32 Å². The second-order valence-electron chi connectivity index (χ2n) is 5.95. The summed E-state index contributed by atoms with van der Waals surface area (Å²) in [5.74, 6) is 0. The Balaban J connectivity index is 1.97. The van der Waals surface area contributed by atoms with Crippen LogP contribution in [0.3, 0.4) is 0 Å². The Hall–Kier alpha value is -0.820. The minimum atomic E-state index is 0.743. The molecule has 1 fully saturated rings. The van der Waals surface area contributed by atoms with E-state index in [1.807, 2.05) is 0 Å². The normalized spacial score (nSPS) is 17.7. The van der Waals surface area contributed by atoms with Crippen LogP contribution in [-0.2, 0) is 6.54 Å². The van der Waals surface area contributed by atoms with Crippen molar-refractivity contribution in [3.8, 4) is 0 Å². The summed E-state index contributed by atoms with van der Waals surface area (Å²) in [5, 5.41) is 3.78. The average molecular weight is 245 g/mol. The molecule has 1 aromatic rings. The van der Waals surface area contributed by atoms with Gasteiger partial charge in [0, 0.05) is 12.6 Å².